The number of anilines is 2. The van der Waals surface area contributed by atoms with Gasteiger partial charge in [-0.05, 0) is 55.4 Å². The van der Waals surface area contributed by atoms with E-state index in [1.165, 1.54) is 6.08 Å². The van der Waals surface area contributed by atoms with E-state index in [1.807, 2.05) is 30.5 Å². The van der Waals surface area contributed by atoms with Gasteiger partial charge in [-0.15, -0.1) is 0 Å². The Hall–Kier alpha value is -3.99. The van der Waals surface area contributed by atoms with Crippen LogP contribution in [0.1, 0.15) is 63.0 Å². The van der Waals surface area contributed by atoms with Crippen LogP contribution in [0.5, 0.6) is 6.01 Å². The fourth-order valence-electron chi connectivity index (χ4n) is 5.15. The molecule has 1 atom stereocenters. The molecule has 2 aromatic heterocycles. The lowest BCUT2D eigenvalue weighted by Gasteiger charge is -2.28. The Kier molecular flexibility index (Phi) is 8.59. The van der Waals surface area contributed by atoms with Crippen LogP contribution in [0.25, 0.3) is 5.65 Å². The first-order valence-electron chi connectivity index (χ1n) is 14.0. The molecule has 5 rings (SSSR count). The molecule has 1 saturated heterocycles. The summed E-state index contributed by atoms with van der Waals surface area (Å²) in [6.45, 7) is 9.36. The number of carbonyl (C=O) groups excluding carboxylic acids is 2. The minimum atomic E-state index is -0.166. The molecule has 1 aromatic carbocycles. The Morgan fingerprint density at radius 1 is 1.20 bits per heavy atom. The smallest absolute Gasteiger partial charge is 0.322 e. The lowest BCUT2D eigenvalue weighted by Crippen LogP contribution is -2.38. The fraction of sp³-hybridized carbons (Fsp3) is 0.483. The van der Waals surface area contributed by atoms with Gasteiger partial charge in [0.15, 0.2) is 5.65 Å². The van der Waals surface area contributed by atoms with Crippen molar-refractivity contribution in [3.8, 4) is 6.01 Å². The zero-order valence-electron chi connectivity index (χ0n) is 23.1. The quantitative estimate of drug-likeness (QED) is 0.327. The van der Waals surface area contributed by atoms with Gasteiger partial charge in [0.2, 0.25) is 17.8 Å². The number of ether oxygens (including phenoxy) is 2. The summed E-state index contributed by atoms with van der Waals surface area (Å²) in [6.07, 6.45) is 6.86. The minimum Gasteiger partial charge on any atom is -0.457 e. The number of carbonyl (C=O) groups is 2. The molecule has 1 aliphatic carbocycles. The standard InChI is InChI=1S/C29H37N7O4/c1-4-25(37)32-21-10-8-20(9-11-21)27(38)33-22-7-5-6-19(14-22)15-30-28-35-29(40-23-12-13-39-17-23)34-26-24(18(2)3)16-31-36(26)28/h4-7,14,16,18,20-21,23H,1,8-13,15,17H2,2-3H3,(H,32,37)(H,33,38)(H,30,34,35)/t20-,21+,23?. The molecule has 1 unspecified atom stereocenters. The molecule has 1 saturated carbocycles. The molecule has 212 valence electrons. The van der Waals surface area contributed by atoms with Crippen molar-refractivity contribution >= 4 is 29.1 Å². The van der Waals surface area contributed by atoms with Crippen LogP contribution >= 0.6 is 0 Å². The van der Waals surface area contributed by atoms with Crippen molar-refractivity contribution in [2.75, 3.05) is 23.8 Å². The third-order valence-corrected chi connectivity index (χ3v) is 7.43. The Bertz CT molecular complexity index is 1360. The lowest BCUT2D eigenvalue weighted by atomic mass is 9.85. The van der Waals surface area contributed by atoms with Crippen molar-refractivity contribution in [2.24, 2.45) is 5.92 Å². The van der Waals surface area contributed by atoms with Crippen LogP contribution in [0.2, 0.25) is 0 Å². The van der Waals surface area contributed by atoms with Crippen LogP contribution in [0.3, 0.4) is 0 Å². The molecule has 2 amide bonds. The molecular formula is C29H37N7O4. The monoisotopic (exact) mass is 547 g/mol. The average Bonchev–Trinajstić information content (AvgIpc) is 3.62. The van der Waals surface area contributed by atoms with Crippen molar-refractivity contribution in [3.63, 3.8) is 0 Å². The number of hydrogen-bond acceptors (Lipinski definition) is 8. The first kappa shape index (κ1) is 27.6. The number of amides is 2. The van der Waals surface area contributed by atoms with E-state index in [2.05, 4.69) is 51.4 Å². The maximum atomic E-state index is 12.9. The molecular weight excluding hydrogens is 510 g/mol. The maximum absolute atomic E-state index is 12.9. The van der Waals surface area contributed by atoms with Gasteiger partial charge in [-0.25, -0.2) is 0 Å². The summed E-state index contributed by atoms with van der Waals surface area (Å²) in [4.78, 5) is 33.8. The lowest BCUT2D eigenvalue weighted by molar-refractivity contribution is -0.121. The van der Waals surface area contributed by atoms with Crippen LogP contribution < -0.4 is 20.7 Å². The first-order valence-corrected chi connectivity index (χ1v) is 14.0. The first-order chi connectivity index (χ1) is 19.4. The highest BCUT2D eigenvalue weighted by molar-refractivity contribution is 5.92. The molecule has 3 aromatic rings. The summed E-state index contributed by atoms with van der Waals surface area (Å²) < 4.78 is 13.2. The minimum absolute atomic E-state index is 0.00607. The Morgan fingerprint density at radius 2 is 2.02 bits per heavy atom. The SMILES string of the molecule is C=CC(=O)N[C@H]1CC[C@@H](C(=O)Nc2cccc(CNc3nc(OC4CCOC4)nc4c(C(C)C)cnn34)c2)CC1. The normalized spacial score (nSPS) is 20.8. The molecule has 2 fully saturated rings. The van der Waals surface area contributed by atoms with E-state index in [-0.39, 0.29) is 35.8 Å². The van der Waals surface area contributed by atoms with Gasteiger partial charge in [-0.3, -0.25) is 9.59 Å². The summed E-state index contributed by atoms with van der Waals surface area (Å²) in [5, 5.41) is 13.9. The van der Waals surface area contributed by atoms with E-state index < -0.39 is 0 Å². The largest absolute Gasteiger partial charge is 0.457 e. The number of aromatic nitrogens is 4. The van der Waals surface area contributed by atoms with Gasteiger partial charge < -0.3 is 25.4 Å². The van der Waals surface area contributed by atoms with Gasteiger partial charge in [-0.1, -0.05) is 32.6 Å². The zero-order chi connectivity index (χ0) is 28.1. The number of hydrogen-bond donors (Lipinski definition) is 3. The van der Waals surface area contributed by atoms with Crippen LogP contribution in [-0.4, -0.2) is 56.8 Å². The van der Waals surface area contributed by atoms with E-state index >= 15 is 0 Å². The van der Waals surface area contributed by atoms with E-state index in [0.717, 1.165) is 48.9 Å². The second kappa shape index (κ2) is 12.5. The summed E-state index contributed by atoms with van der Waals surface area (Å²) in [7, 11) is 0. The summed E-state index contributed by atoms with van der Waals surface area (Å²) in [5.74, 6) is 0.531. The molecule has 0 radical (unpaired) electrons. The van der Waals surface area contributed by atoms with Gasteiger partial charge in [0.1, 0.15) is 6.10 Å². The zero-order valence-corrected chi connectivity index (χ0v) is 23.1. The molecule has 40 heavy (non-hydrogen) atoms. The van der Waals surface area contributed by atoms with E-state index in [9.17, 15) is 9.59 Å². The number of nitrogens with one attached hydrogen (secondary N) is 3. The third kappa shape index (κ3) is 6.59. The Morgan fingerprint density at radius 3 is 2.75 bits per heavy atom. The fourth-order valence-corrected chi connectivity index (χ4v) is 5.15. The maximum Gasteiger partial charge on any atom is 0.322 e. The predicted octanol–water partition coefficient (Wildman–Crippen LogP) is 3.83. The molecule has 11 nitrogen and oxygen atoms in total. The summed E-state index contributed by atoms with van der Waals surface area (Å²) in [5.41, 5.74) is 3.44. The summed E-state index contributed by atoms with van der Waals surface area (Å²) >= 11 is 0. The highest BCUT2D eigenvalue weighted by atomic mass is 16.6. The van der Waals surface area contributed by atoms with Crippen molar-refractivity contribution < 1.29 is 19.1 Å². The van der Waals surface area contributed by atoms with Crippen LogP contribution in [0, 0.1) is 5.92 Å². The molecule has 3 N–H and O–H groups in total. The molecule has 0 bridgehead atoms. The highest BCUT2D eigenvalue weighted by Crippen LogP contribution is 2.27. The number of rotatable bonds is 10. The van der Waals surface area contributed by atoms with Crippen LogP contribution in [-0.2, 0) is 20.9 Å². The predicted molar refractivity (Wildman–Crippen MR) is 151 cm³/mol. The summed E-state index contributed by atoms with van der Waals surface area (Å²) in [6, 6.07) is 8.15. The van der Waals surface area contributed by atoms with Crippen LogP contribution in [0.4, 0.5) is 11.6 Å². The van der Waals surface area contributed by atoms with Crippen molar-refractivity contribution in [1.82, 2.24) is 24.9 Å². The van der Waals surface area contributed by atoms with E-state index in [1.54, 1.807) is 4.52 Å². The third-order valence-electron chi connectivity index (χ3n) is 7.43. The van der Waals surface area contributed by atoms with Gasteiger partial charge in [0, 0.05) is 36.2 Å². The molecule has 0 spiro atoms. The van der Waals surface area contributed by atoms with Crippen molar-refractivity contribution in [3.05, 3.63) is 54.2 Å². The van der Waals surface area contributed by atoms with Crippen molar-refractivity contribution in [2.45, 2.75) is 70.6 Å². The average molecular weight is 548 g/mol. The van der Waals surface area contributed by atoms with E-state index in [4.69, 9.17) is 9.47 Å². The Labute approximate surface area is 233 Å². The molecule has 2 aliphatic rings. The molecule has 11 heteroatoms. The van der Waals surface area contributed by atoms with Gasteiger partial charge in [0.25, 0.3) is 0 Å². The van der Waals surface area contributed by atoms with Gasteiger partial charge in [0.05, 0.1) is 19.4 Å². The second-order valence-electron chi connectivity index (χ2n) is 10.7. The molecule has 1 aliphatic heterocycles. The van der Waals surface area contributed by atoms with Crippen molar-refractivity contribution in [1.29, 1.82) is 0 Å². The van der Waals surface area contributed by atoms with Gasteiger partial charge >= 0.3 is 6.01 Å². The topological polar surface area (TPSA) is 132 Å². The highest BCUT2D eigenvalue weighted by Gasteiger charge is 2.27. The van der Waals surface area contributed by atoms with Crippen LogP contribution in [0.15, 0.2) is 43.1 Å². The number of fused-ring (bicyclic) bond motifs is 1. The Balaban J connectivity index is 1.23. The molecule has 3 heterocycles. The number of benzene rings is 1. The number of nitrogens with zero attached hydrogens (tertiary/aromatic N) is 4. The van der Waals surface area contributed by atoms with E-state index in [0.29, 0.717) is 37.4 Å². The van der Waals surface area contributed by atoms with Gasteiger partial charge in [-0.2, -0.15) is 19.6 Å². The second-order valence-corrected chi connectivity index (χ2v) is 10.7.